The van der Waals surface area contributed by atoms with Crippen LogP contribution < -0.4 is 10.1 Å². The molecule has 4 heteroatoms. The molecule has 94 valence electrons. The zero-order valence-corrected chi connectivity index (χ0v) is 10.8. The normalized spacial score (nSPS) is 13.4. The Morgan fingerprint density at radius 1 is 1.00 bits per heavy atom. The van der Waals surface area contributed by atoms with E-state index in [1.54, 1.807) is 5.41 Å². The Hall–Kier alpha value is -2.20. The van der Waals surface area contributed by atoms with Crippen LogP contribution in [-0.4, -0.2) is 5.91 Å². The number of anilines is 1. The summed E-state index contributed by atoms with van der Waals surface area (Å²) in [6.07, 6.45) is 1.52. The summed E-state index contributed by atoms with van der Waals surface area (Å²) in [4.78, 5) is 12.3. The molecule has 3 nitrogen and oxygen atoms in total. The molecule has 2 aromatic carbocycles. The molecule has 0 saturated heterocycles. The average molecular weight is 269 g/mol. The Morgan fingerprint density at radius 2 is 1.84 bits per heavy atom. The maximum atomic E-state index is 11.4. The number of carbonyl (C=O) groups excluding carboxylic acids is 1. The first kappa shape index (κ1) is 11.9. The largest absolute Gasteiger partial charge is 0.457 e. The molecule has 0 fully saturated rings. The first-order valence-corrected chi connectivity index (χ1v) is 6.70. The fourth-order valence-corrected chi connectivity index (χ4v) is 2.50. The minimum atomic E-state index is -0.108. The maximum Gasteiger partial charge on any atom is 0.248 e. The molecule has 1 N–H and O–H groups in total. The van der Waals surface area contributed by atoms with Crippen LogP contribution in [0.1, 0.15) is 0 Å². The van der Waals surface area contributed by atoms with E-state index in [2.05, 4.69) is 5.32 Å². The molecular weight excluding hydrogens is 258 g/mol. The standard InChI is InChI=1S/C15H11NO2S/c17-15-8-9-19-14-10-12(6-7-13(14)16-15)18-11-4-2-1-3-5-11/h1-10H,(H,16,17). The Kier molecular flexibility index (Phi) is 3.25. The molecule has 0 aromatic heterocycles. The van der Waals surface area contributed by atoms with E-state index in [1.165, 1.54) is 17.8 Å². The van der Waals surface area contributed by atoms with Crippen LogP contribution in [-0.2, 0) is 4.79 Å². The molecule has 0 saturated carbocycles. The highest BCUT2D eigenvalue weighted by molar-refractivity contribution is 8.02. The van der Waals surface area contributed by atoms with E-state index in [0.29, 0.717) is 0 Å². The number of ether oxygens (including phenoxy) is 1. The van der Waals surface area contributed by atoms with Crippen molar-refractivity contribution >= 4 is 23.4 Å². The highest BCUT2D eigenvalue weighted by Gasteiger charge is 2.10. The van der Waals surface area contributed by atoms with Crippen LogP contribution in [0.25, 0.3) is 0 Å². The topological polar surface area (TPSA) is 38.3 Å². The first-order valence-electron chi connectivity index (χ1n) is 5.82. The van der Waals surface area contributed by atoms with Gasteiger partial charge in [0.2, 0.25) is 5.91 Å². The van der Waals surface area contributed by atoms with Gasteiger partial charge in [-0.1, -0.05) is 30.0 Å². The zero-order chi connectivity index (χ0) is 13.1. The van der Waals surface area contributed by atoms with E-state index in [0.717, 1.165) is 22.1 Å². The quantitative estimate of drug-likeness (QED) is 0.894. The number of rotatable bonds is 2. The smallest absolute Gasteiger partial charge is 0.248 e. The molecule has 1 aliphatic heterocycles. The van der Waals surface area contributed by atoms with E-state index in [1.807, 2.05) is 48.5 Å². The number of thioether (sulfide) groups is 1. The number of benzene rings is 2. The average Bonchev–Trinajstić information content (AvgIpc) is 2.60. The van der Waals surface area contributed by atoms with Gasteiger partial charge < -0.3 is 10.1 Å². The summed E-state index contributed by atoms with van der Waals surface area (Å²) in [6.45, 7) is 0. The van der Waals surface area contributed by atoms with Gasteiger partial charge in [-0.05, 0) is 35.7 Å². The van der Waals surface area contributed by atoms with Crippen molar-refractivity contribution in [3.05, 3.63) is 60.0 Å². The molecule has 3 rings (SSSR count). The lowest BCUT2D eigenvalue weighted by Gasteiger charge is -2.10. The van der Waals surface area contributed by atoms with Crippen LogP contribution >= 0.6 is 11.8 Å². The summed E-state index contributed by atoms with van der Waals surface area (Å²) in [5, 5.41) is 4.58. The lowest BCUT2D eigenvalue weighted by molar-refractivity contribution is -0.111. The van der Waals surface area contributed by atoms with Gasteiger partial charge in [0, 0.05) is 11.0 Å². The lowest BCUT2D eigenvalue weighted by atomic mass is 10.3. The van der Waals surface area contributed by atoms with Crippen LogP contribution in [0.5, 0.6) is 11.5 Å². The third-order valence-electron chi connectivity index (χ3n) is 2.60. The number of hydrogen-bond donors (Lipinski definition) is 1. The monoisotopic (exact) mass is 269 g/mol. The molecule has 0 bridgehead atoms. The van der Waals surface area contributed by atoms with Gasteiger partial charge in [0.1, 0.15) is 11.5 Å². The molecule has 0 radical (unpaired) electrons. The van der Waals surface area contributed by atoms with Crippen molar-refractivity contribution in [2.24, 2.45) is 0 Å². The number of hydrogen-bond acceptors (Lipinski definition) is 3. The van der Waals surface area contributed by atoms with Gasteiger partial charge in [-0.3, -0.25) is 4.79 Å². The number of para-hydroxylation sites is 1. The molecule has 0 unspecified atom stereocenters. The predicted octanol–water partition coefficient (Wildman–Crippen LogP) is 4.04. The van der Waals surface area contributed by atoms with E-state index in [4.69, 9.17) is 4.74 Å². The van der Waals surface area contributed by atoms with Crippen LogP contribution in [0.3, 0.4) is 0 Å². The van der Waals surface area contributed by atoms with Gasteiger partial charge in [0.05, 0.1) is 5.69 Å². The molecule has 1 heterocycles. The fraction of sp³-hybridized carbons (Fsp3) is 0. The zero-order valence-electron chi connectivity index (χ0n) is 10.00. The van der Waals surface area contributed by atoms with Crippen LogP contribution in [0.4, 0.5) is 5.69 Å². The fourth-order valence-electron chi connectivity index (χ4n) is 1.74. The lowest BCUT2D eigenvalue weighted by Crippen LogP contribution is -2.06. The molecule has 2 aromatic rings. The third kappa shape index (κ3) is 2.80. The summed E-state index contributed by atoms with van der Waals surface area (Å²) in [6, 6.07) is 15.2. The molecular formula is C15H11NO2S. The summed E-state index contributed by atoms with van der Waals surface area (Å²) >= 11 is 1.49. The molecule has 0 spiro atoms. The minimum absolute atomic E-state index is 0.108. The minimum Gasteiger partial charge on any atom is -0.457 e. The van der Waals surface area contributed by atoms with E-state index >= 15 is 0 Å². The van der Waals surface area contributed by atoms with Crippen molar-refractivity contribution in [3.8, 4) is 11.5 Å². The van der Waals surface area contributed by atoms with Crippen molar-refractivity contribution in [3.63, 3.8) is 0 Å². The Balaban J connectivity index is 1.87. The summed E-state index contributed by atoms with van der Waals surface area (Å²) in [7, 11) is 0. The van der Waals surface area contributed by atoms with Gasteiger partial charge in [-0.15, -0.1) is 0 Å². The highest BCUT2D eigenvalue weighted by atomic mass is 32.2. The number of fused-ring (bicyclic) bond motifs is 1. The molecule has 1 aliphatic rings. The Morgan fingerprint density at radius 3 is 2.68 bits per heavy atom. The maximum absolute atomic E-state index is 11.4. The van der Waals surface area contributed by atoms with Gasteiger partial charge in [0.25, 0.3) is 0 Å². The highest BCUT2D eigenvalue weighted by Crippen LogP contribution is 2.34. The first-order chi connectivity index (χ1) is 9.31. The van der Waals surface area contributed by atoms with E-state index in [9.17, 15) is 4.79 Å². The number of nitrogens with one attached hydrogen (secondary N) is 1. The van der Waals surface area contributed by atoms with Crippen LogP contribution in [0.15, 0.2) is 64.9 Å². The predicted molar refractivity (Wildman–Crippen MR) is 76.6 cm³/mol. The van der Waals surface area contributed by atoms with Crippen molar-refractivity contribution in [1.29, 1.82) is 0 Å². The van der Waals surface area contributed by atoms with Gasteiger partial charge in [-0.25, -0.2) is 0 Å². The van der Waals surface area contributed by atoms with Crippen molar-refractivity contribution in [1.82, 2.24) is 0 Å². The SMILES string of the molecule is O=C1C=CSc2cc(Oc3ccccc3)ccc2N1. The second-order valence-corrected chi connectivity index (χ2v) is 4.93. The van der Waals surface area contributed by atoms with Crippen LogP contribution in [0, 0.1) is 0 Å². The van der Waals surface area contributed by atoms with Gasteiger partial charge in [0.15, 0.2) is 0 Å². The Labute approximate surface area is 115 Å². The molecule has 19 heavy (non-hydrogen) atoms. The number of carbonyl (C=O) groups is 1. The molecule has 1 amide bonds. The second kappa shape index (κ2) is 5.20. The third-order valence-corrected chi connectivity index (χ3v) is 3.47. The van der Waals surface area contributed by atoms with Crippen LogP contribution in [0.2, 0.25) is 0 Å². The summed E-state index contributed by atoms with van der Waals surface area (Å²) in [5.41, 5.74) is 0.806. The summed E-state index contributed by atoms with van der Waals surface area (Å²) < 4.78 is 5.76. The van der Waals surface area contributed by atoms with E-state index < -0.39 is 0 Å². The summed E-state index contributed by atoms with van der Waals surface area (Å²) in [5.74, 6) is 1.44. The van der Waals surface area contributed by atoms with E-state index in [-0.39, 0.29) is 5.91 Å². The van der Waals surface area contributed by atoms with Gasteiger partial charge >= 0.3 is 0 Å². The number of amides is 1. The van der Waals surface area contributed by atoms with Crippen molar-refractivity contribution < 1.29 is 9.53 Å². The van der Waals surface area contributed by atoms with Crippen molar-refractivity contribution in [2.45, 2.75) is 4.90 Å². The molecule has 0 aliphatic carbocycles. The van der Waals surface area contributed by atoms with Gasteiger partial charge in [-0.2, -0.15) is 0 Å². The van der Waals surface area contributed by atoms with Crippen molar-refractivity contribution in [2.75, 3.05) is 5.32 Å². The molecule has 0 atom stereocenters. The second-order valence-electron chi connectivity index (χ2n) is 3.98. The Bertz CT molecular complexity index is 638.